The fourth-order valence-electron chi connectivity index (χ4n) is 4.92. The van der Waals surface area contributed by atoms with Crippen molar-refractivity contribution in [3.8, 4) is 23.0 Å². The fraction of sp³-hybridized carbons (Fsp3) is 0.500. The minimum Gasteiger partial charge on any atom is -0.493 e. The molecule has 0 fully saturated rings. The normalized spacial score (nSPS) is 17.1. The van der Waals surface area contributed by atoms with Gasteiger partial charge in [0.25, 0.3) is 0 Å². The largest absolute Gasteiger partial charge is 0.493 e. The van der Waals surface area contributed by atoms with E-state index in [1.54, 1.807) is 28.4 Å². The fourth-order valence-corrected chi connectivity index (χ4v) is 4.92. The summed E-state index contributed by atoms with van der Waals surface area (Å²) in [6.07, 6.45) is 3.18. The number of carbonyl (C=O) groups is 1. The SMILES string of the molecule is COc1cc2c(cc1OC)CC(=O)N(CCCN(C)[C@H]1Cc3cc(OC)c(OC)cc31)CC2. The molecular formula is C26H34N2O5. The van der Waals surface area contributed by atoms with Crippen LogP contribution in [0.4, 0.5) is 0 Å². The van der Waals surface area contributed by atoms with Gasteiger partial charge >= 0.3 is 0 Å². The van der Waals surface area contributed by atoms with E-state index in [4.69, 9.17) is 18.9 Å². The molecule has 1 aliphatic carbocycles. The van der Waals surface area contributed by atoms with Gasteiger partial charge in [-0.05, 0) is 72.8 Å². The van der Waals surface area contributed by atoms with Gasteiger partial charge < -0.3 is 23.8 Å². The Morgan fingerprint density at radius 1 is 0.879 bits per heavy atom. The number of hydrogen-bond donors (Lipinski definition) is 0. The van der Waals surface area contributed by atoms with Crippen molar-refractivity contribution in [2.24, 2.45) is 0 Å². The zero-order valence-electron chi connectivity index (χ0n) is 20.3. The van der Waals surface area contributed by atoms with Crippen LogP contribution in [-0.2, 0) is 24.1 Å². The van der Waals surface area contributed by atoms with Crippen LogP contribution < -0.4 is 18.9 Å². The Morgan fingerprint density at radius 3 is 2.09 bits per heavy atom. The Balaban J connectivity index is 1.33. The van der Waals surface area contributed by atoms with Crippen LogP contribution in [0.15, 0.2) is 24.3 Å². The molecule has 2 aromatic carbocycles. The van der Waals surface area contributed by atoms with E-state index in [-0.39, 0.29) is 5.91 Å². The number of carbonyl (C=O) groups excluding carboxylic acids is 1. The van der Waals surface area contributed by atoms with Crippen molar-refractivity contribution < 1.29 is 23.7 Å². The summed E-state index contributed by atoms with van der Waals surface area (Å²) in [5.41, 5.74) is 4.82. The maximum atomic E-state index is 12.9. The summed E-state index contributed by atoms with van der Waals surface area (Å²) in [4.78, 5) is 17.3. The lowest BCUT2D eigenvalue weighted by molar-refractivity contribution is -0.130. The molecule has 4 rings (SSSR count). The number of nitrogens with zero attached hydrogens (tertiary/aromatic N) is 2. The quantitative estimate of drug-likeness (QED) is 0.580. The summed E-state index contributed by atoms with van der Waals surface area (Å²) < 4.78 is 21.7. The first kappa shape index (κ1) is 23.2. The lowest BCUT2D eigenvalue weighted by Crippen LogP contribution is -2.37. The van der Waals surface area contributed by atoms with Crippen LogP contribution in [0.1, 0.15) is 34.7 Å². The van der Waals surface area contributed by atoms with Crippen LogP contribution in [0, 0.1) is 0 Å². The molecule has 0 saturated carbocycles. The van der Waals surface area contributed by atoms with Gasteiger partial charge in [-0.25, -0.2) is 0 Å². The molecule has 178 valence electrons. The molecule has 1 amide bonds. The molecule has 1 atom stereocenters. The van der Waals surface area contributed by atoms with E-state index in [1.807, 2.05) is 17.0 Å². The topological polar surface area (TPSA) is 60.5 Å². The number of likely N-dealkylation sites (N-methyl/N-ethyl adjacent to an activating group) is 1. The maximum Gasteiger partial charge on any atom is 0.227 e. The van der Waals surface area contributed by atoms with E-state index in [0.29, 0.717) is 24.0 Å². The first-order valence-electron chi connectivity index (χ1n) is 11.5. The average Bonchev–Trinajstić information content (AvgIpc) is 2.96. The standard InChI is InChI=1S/C26H34N2O5/c1-27(21-11-19-14-24(32-4)25(33-5)16-20(19)21)8-6-9-28-10-7-17-12-22(30-2)23(31-3)13-18(17)15-26(28)29/h12-14,16,21H,6-11,15H2,1-5H3/t21-/m0/s1. The monoisotopic (exact) mass is 454 g/mol. The third-order valence-electron chi connectivity index (χ3n) is 6.94. The maximum absolute atomic E-state index is 12.9. The van der Waals surface area contributed by atoms with Gasteiger partial charge in [0.1, 0.15) is 0 Å². The number of rotatable bonds is 9. The van der Waals surface area contributed by atoms with Gasteiger partial charge in [-0.1, -0.05) is 0 Å². The van der Waals surface area contributed by atoms with Crippen molar-refractivity contribution >= 4 is 5.91 Å². The van der Waals surface area contributed by atoms with Crippen molar-refractivity contribution in [1.82, 2.24) is 9.80 Å². The Kier molecular flexibility index (Phi) is 6.98. The molecule has 2 aromatic rings. The van der Waals surface area contributed by atoms with Gasteiger partial charge in [0, 0.05) is 25.7 Å². The number of ether oxygens (including phenoxy) is 4. The minimum absolute atomic E-state index is 0.175. The molecule has 7 heteroatoms. The third-order valence-corrected chi connectivity index (χ3v) is 6.94. The second kappa shape index (κ2) is 9.91. The number of hydrogen-bond acceptors (Lipinski definition) is 6. The van der Waals surface area contributed by atoms with Crippen LogP contribution in [0.2, 0.25) is 0 Å². The average molecular weight is 455 g/mol. The van der Waals surface area contributed by atoms with E-state index < -0.39 is 0 Å². The van der Waals surface area contributed by atoms with Crippen LogP contribution in [-0.4, -0.2) is 70.8 Å². The molecule has 0 bridgehead atoms. The Labute approximate surface area is 196 Å². The van der Waals surface area contributed by atoms with Crippen molar-refractivity contribution in [3.05, 3.63) is 46.5 Å². The molecule has 0 spiro atoms. The van der Waals surface area contributed by atoms with Crippen molar-refractivity contribution in [2.45, 2.75) is 31.7 Å². The van der Waals surface area contributed by atoms with E-state index in [9.17, 15) is 4.79 Å². The number of fused-ring (bicyclic) bond motifs is 2. The first-order valence-corrected chi connectivity index (χ1v) is 11.5. The van der Waals surface area contributed by atoms with E-state index in [0.717, 1.165) is 61.5 Å². The first-order chi connectivity index (χ1) is 16.0. The highest BCUT2D eigenvalue weighted by molar-refractivity contribution is 5.80. The van der Waals surface area contributed by atoms with Crippen LogP contribution in [0.25, 0.3) is 0 Å². The van der Waals surface area contributed by atoms with E-state index >= 15 is 0 Å². The molecule has 1 aliphatic heterocycles. The minimum atomic E-state index is 0.175. The van der Waals surface area contributed by atoms with Crippen LogP contribution in [0.3, 0.4) is 0 Å². The Hall–Kier alpha value is -2.93. The van der Waals surface area contributed by atoms with E-state index in [2.05, 4.69) is 24.1 Å². The van der Waals surface area contributed by atoms with E-state index in [1.165, 1.54) is 11.1 Å². The number of amides is 1. The molecule has 0 N–H and O–H groups in total. The van der Waals surface area contributed by atoms with Crippen molar-refractivity contribution in [3.63, 3.8) is 0 Å². The van der Waals surface area contributed by atoms with Gasteiger partial charge in [0.05, 0.1) is 34.9 Å². The molecule has 7 nitrogen and oxygen atoms in total. The number of methoxy groups -OCH3 is 4. The molecule has 0 aromatic heterocycles. The highest BCUT2D eigenvalue weighted by Gasteiger charge is 2.31. The summed E-state index contributed by atoms with van der Waals surface area (Å²) >= 11 is 0. The predicted molar refractivity (Wildman–Crippen MR) is 127 cm³/mol. The third kappa shape index (κ3) is 4.60. The van der Waals surface area contributed by atoms with Crippen LogP contribution >= 0.6 is 0 Å². The molecule has 0 radical (unpaired) electrons. The highest BCUT2D eigenvalue weighted by Crippen LogP contribution is 2.43. The van der Waals surface area contributed by atoms with Crippen LogP contribution in [0.5, 0.6) is 23.0 Å². The second-order valence-corrected chi connectivity index (χ2v) is 8.74. The summed E-state index contributed by atoms with van der Waals surface area (Å²) in [5.74, 6) is 3.13. The molecule has 0 saturated heterocycles. The summed E-state index contributed by atoms with van der Waals surface area (Å²) in [6.45, 7) is 2.42. The summed E-state index contributed by atoms with van der Waals surface area (Å²) in [6, 6.07) is 8.51. The molecule has 33 heavy (non-hydrogen) atoms. The van der Waals surface area contributed by atoms with Gasteiger partial charge in [-0.15, -0.1) is 0 Å². The van der Waals surface area contributed by atoms with Crippen molar-refractivity contribution in [2.75, 3.05) is 55.1 Å². The molecule has 2 aliphatic rings. The van der Waals surface area contributed by atoms with Crippen molar-refractivity contribution in [1.29, 1.82) is 0 Å². The molecule has 0 unspecified atom stereocenters. The smallest absolute Gasteiger partial charge is 0.227 e. The van der Waals surface area contributed by atoms with Gasteiger partial charge in [0.2, 0.25) is 5.91 Å². The predicted octanol–water partition coefficient (Wildman–Crippen LogP) is 3.27. The lowest BCUT2D eigenvalue weighted by atomic mass is 9.82. The summed E-state index contributed by atoms with van der Waals surface area (Å²) in [5, 5.41) is 0. The summed E-state index contributed by atoms with van der Waals surface area (Å²) in [7, 11) is 8.76. The van der Waals surface area contributed by atoms with Gasteiger partial charge in [-0.3, -0.25) is 9.69 Å². The van der Waals surface area contributed by atoms with Gasteiger partial charge in [0.15, 0.2) is 23.0 Å². The molecular weight excluding hydrogens is 420 g/mol. The van der Waals surface area contributed by atoms with Gasteiger partial charge in [-0.2, -0.15) is 0 Å². The zero-order valence-corrected chi connectivity index (χ0v) is 20.3. The Morgan fingerprint density at radius 2 is 1.45 bits per heavy atom. The second-order valence-electron chi connectivity index (χ2n) is 8.74. The highest BCUT2D eigenvalue weighted by atomic mass is 16.5. The zero-order chi connectivity index (χ0) is 23.5. The lowest BCUT2D eigenvalue weighted by Gasteiger charge is -2.38. The number of benzene rings is 2. The molecule has 1 heterocycles. The Bertz CT molecular complexity index is 1020.